The first kappa shape index (κ1) is 16.5. The summed E-state index contributed by atoms with van der Waals surface area (Å²) >= 11 is 1.82. The van der Waals surface area contributed by atoms with E-state index in [0.717, 1.165) is 22.2 Å². The Hall–Kier alpha value is -2.33. The highest BCUT2D eigenvalue weighted by Gasteiger charge is 2.07. The first-order valence-electron chi connectivity index (χ1n) is 8.01. The number of hydrogen-bond donors (Lipinski definition) is 1. The molecule has 0 aliphatic heterocycles. The molecule has 0 saturated carbocycles. The number of aromatic nitrogens is 1. The van der Waals surface area contributed by atoms with Gasteiger partial charge in [-0.15, -0.1) is 11.8 Å². The summed E-state index contributed by atoms with van der Waals surface area (Å²) in [7, 11) is 0. The van der Waals surface area contributed by atoms with Crippen LogP contribution < -0.4 is 5.32 Å². The largest absolute Gasteiger partial charge is 0.325 e. The number of carbonyl (C=O) groups excluding carboxylic acids is 1. The Balaban J connectivity index is 1.69. The zero-order valence-corrected chi connectivity index (χ0v) is 14.6. The van der Waals surface area contributed by atoms with Gasteiger partial charge in [0.15, 0.2) is 0 Å². The van der Waals surface area contributed by atoms with Gasteiger partial charge in [-0.2, -0.15) is 0 Å². The molecule has 0 aliphatic rings. The van der Waals surface area contributed by atoms with Crippen LogP contribution >= 0.6 is 11.8 Å². The number of amides is 1. The minimum Gasteiger partial charge on any atom is -0.325 e. The third-order valence-electron chi connectivity index (χ3n) is 3.58. The molecule has 122 valence electrons. The number of pyridine rings is 1. The van der Waals surface area contributed by atoms with E-state index in [4.69, 9.17) is 0 Å². The van der Waals surface area contributed by atoms with E-state index in [1.165, 1.54) is 4.90 Å². The molecule has 3 aromatic rings. The second kappa shape index (κ2) is 7.49. The molecule has 2 aromatic carbocycles. The molecule has 0 radical (unpaired) electrons. The molecule has 0 spiro atoms. The average molecular weight is 336 g/mol. The van der Waals surface area contributed by atoms with E-state index in [1.807, 2.05) is 54.2 Å². The van der Waals surface area contributed by atoms with Crippen molar-refractivity contribution in [3.05, 3.63) is 66.4 Å². The van der Waals surface area contributed by atoms with Crippen LogP contribution in [0.25, 0.3) is 10.9 Å². The molecule has 0 saturated heterocycles. The number of hydrogen-bond acceptors (Lipinski definition) is 3. The molecule has 0 bridgehead atoms. The van der Waals surface area contributed by atoms with Gasteiger partial charge in [-0.25, -0.2) is 0 Å². The molecule has 3 rings (SSSR count). The third kappa shape index (κ3) is 4.15. The minimum absolute atomic E-state index is 0.0179. The van der Waals surface area contributed by atoms with Gasteiger partial charge in [-0.1, -0.05) is 32.0 Å². The highest BCUT2D eigenvalue weighted by atomic mass is 32.2. The van der Waals surface area contributed by atoms with E-state index >= 15 is 0 Å². The minimum atomic E-state index is -0.0179. The van der Waals surface area contributed by atoms with E-state index < -0.39 is 0 Å². The Kier molecular flexibility index (Phi) is 5.16. The van der Waals surface area contributed by atoms with Gasteiger partial charge in [-0.05, 0) is 42.0 Å². The van der Waals surface area contributed by atoms with Crippen LogP contribution in [0.15, 0.2) is 65.7 Å². The lowest BCUT2D eigenvalue weighted by atomic mass is 10.1. The highest BCUT2D eigenvalue weighted by molar-refractivity contribution is 7.99. The van der Waals surface area contributed by atoms with Crippen LogP contribution in [0.2, 0.25) is 0 Å². The summed E-state index contributed by atoms with van der Waals surface area (Å²) in [5, 5.41) is 4.51. The summed E-state index contributed by atoms with van der Waals surface area (Å²) in [6.45, 7) is 4.34. The molecule has 1 heterocycles. The van der Waals surface area contributed by atoms with Gasteiger partial charge in [0.1, 0.15) is 0 Å². The maximum Gasteiger partial charge on any atom is 0.228 e. The number of nitrogens with zero attached hydrogens (tertiary/aromatic N) is 1. The zero-order chi connectivity index (χ0) is 16.9. The number of anilines is 1. The van der Waals surface area contributed by atoms with E-state index in [2.05, 4.69) is 36.3 Å². The Bertz CT molecular complexity index is 838. The molecule has 0 atom stereocenters. The SMILES string of the molecule is CC(C)Sc1ccc(CC(=O)Nc2cccc3ncccc23)cc1. The van der Waals surface area contributed by atoms with Gasteiger partial charge in [0.2, 0.25) is 5.91 Å². The monoisotopic (exact) mass is 336 g/mol. The van der Waals surface area contributed by atoms with Crippen LogP contribution in [-0.2, 0) is 11.2 Å². The fraction of sp³-hybridized carbons (Fsp3) is 0.200. The zero-order valence-electron chi connectivity index (χ0n) is 13.8. The predicted molar refractivity (Wildman–Crippen MR) is 102 cm³/mol. The number of carbonyl (C=O) groups is 1. The molecule has 0 unspecified atom stereocenters. The van der Waals surface area contributed by atoms with Crippen molar-refractivity contribution in [1.82, 2.24) is 4.98 Å². The van der Waals surface area contributed by atoms with Crippen LogP contribution in [-0.4, -0.2) is 16.1 Å². The Morgan fingerprint density at radius 1 is 1.08 bits per heavy atom. The Morgan fingerprint density at radius 2 is 1.88 bits per heavy atom. The molecular weight excluding hydrogens is 316 g/mol. The molecule has 1 N–H and O–H groups in total. The second-order valence-electron chi connectivity index (χ2n) is 5.91. The number of thioether (sulfide) groups is 1. The van der Waals surface area contributed by atoms with Crippen molar-refractivity contribution in [2.24, 2.45) is 0 Å². The molecule has 1 amide bonds. The molecule has 24 heavy (non-hydrogen) atoms. The second-order valence-corrected chi connectivity index (χ2v) is 7.56. The number of fused-ring (bicyclic) bond motifs is 1. The molecule has 0 fully saturated rings. The maximum atomic E-state index is 12.4. The lowest BCUT2D eigenvalue weighted by molar-refractivity contribution is -0.115. The summed E-state index contributed by atoms with van der Waals surface area (Å²) < 4.78 is 0. The first-order valence-corrected chi connectivity index (χ1v) is 8.89. The third-order valence-corrected chi connectivity index (χ3v) is 4.60. The van der Waals surface area contributed by atoms with Crippen molar-refractivity contribution in [1.29, 1.82) is 0 Å². The molecule has 0 aliphatic carbocycles. The summed E-state index contributed by atoms with van der Waals surface area (Å²) in [6, 6.07) is 17.8. The van der Waals surface area contributed by atoms with Gasteiger partial charge in [-0.3, -0.25) is 9.78 Å². The first-order chi connectivity index (χ1) is 11.6. The van der Waals surface area contributed by atoms with Crippen LogP contribution in [0, 0.1) is 0 Å². The van der Waals surface area contributed by atoms with Gasteiger partial charge in [0.25, 0.3) is 0 Å². The Labute approximate surface area is 146 Å². The van der Waals surface area contributed by atoms with Crippen LogP contribution in [0.4, 0.5) is 5.69 Å². The lowest BCUT2D eigenvalue weighted by Gasteiger charge is -2.09. The van der Waals surface area contributed by atoms with Crippen molar-refractivity contribution < 1.29 is 4.79 Å². The van der Waals surface area contributed by atoms with Crippen molar-refractivity contribution in [2.75, 3.05) is 5.32 Å². The topological polar surface area (TPSA) is 42.0 Å². The summed E-state index contributed by atoms with van der Waals surface area (Å²) in [5.41, 5.74) is 2.70. The molecule has 1 aromatic heterocycles. The van der Waals surface area contributed by atoms with E-state index in [9.17, 15) is 4.79 Å². The normalized spacial score (nSPS) is 11.0. The summed E-state index contributed by atoms with van der Waals surface area (Å²) in [4.78, 5) is 17.9. The summed E-state index contributed by atoms with van der Waals surface area (Å²) in [5.74, 6) is -0.0179. The molecular formula is C20H20N2OS. The van der Waals surface area contributed by atoms with Crippen molar-refractivity contribution in [3.63, 3.8) is 0 Å². The lowest BCUT2D eigenvalue weighted by Crippen LogP contribution is -2.14. The fourth-order valence-electron chi connectivity index (χ4n) is 2.55. The highest BCUT2D eigenvalue weighted by Crippen LogP contribution is 2.24. The molecule has 4 heteroatoms. The average Bonchev–Trinajstić information content (AvgIpc) is 2.56. The predicted octanol–water partition coefficient (Wildman–Crippen LogP) is 4.92. The van der Waals surface area contributed by atoms with Crippen LogP contribution in [0.3, 0.4) is 0 Å². The maximum absolute atomic E-state index is 12.4. The number of rotatable bonds is 5. The van der Waals surface area contributed by atoms with Gasteiger partial charge in [0, 0.05) is 21.7 Å². The smallest absolute Gasteiger partial charge is 0.228 e. The van der Waals surface area contributed by atoms with Crippen molar-refractivity contribution in [2.45, 2.75) is 30.4 Å². The standard InChI is InChI=1S/C20H20N2OS/c1-14(2)24-16-10-8-15(9-11-16)13-20(23)22-19-7-3-6-18-17(19)5-4-12-21-18/h3-12,14H,13H2,1-2H3,(H,22,23). The van der Waals surface area contributed by atoms with E-state index in [1.54, 1.807) is 6.20 Å². The Morgan fingerprint density at radius 3 is 2.62 bits per heavy atom. The van der Waals surface area contributed by atoms with Gasteiger partial charge < -0.3 is 5.32 Å². The van der Waals surface area contributed by atoms with Crippen LogP contribution in [0.1, 0.15) is 19.4 Å². The van der Waals surface area contributed by atoms with Crippen molar-refractivity contribution in [3.8, 4) is 0 Å². The van der Waals surface area contributed by atoms with Crippen LogP contribution in [0.5, 0.6) is 0 Å². The quantitative estimate of drug-likeness (QED) is 0.673. The van der Waals surface area contributed by atoms with Gasteiger partial charge in [0.05, 0.1) is 17.6 Å². The fourth-order valence-corrected chi connectivity index (χ4v) is 3.39. The number of nitrogens with one attached hydrogen (secondary N) is 1. The van der Waals surface area contributed by atoms with Gasteiger partial charge >= 0.3 is 0 Å². The van der Waals surface area contributed by atoms with E-state index in [0.29, 0.717) is 11.7 Å². The molecule has 3 nitrogen and oxygen atoms in total. The van der Waals surface area contributed by atoms with E-state index in [-0.39, 0.29) is 5.91 Å². The summed E-state index contributed by atoms with van der Waals surface area (Å²) in [6.07, 6.45) is 2.12. The number of benzene rings is 2. The van der Waals surface area contributed by atoms with Crippen molar-refractivity contribution >= 4 is 34.3 Å².